The van der Waals surface area contributed by atoms with E-state index in [2.05, 4.69) is 49.4 Å². The molecule has 1 aromatic carbocycles. The molecule has 0 saturated heterocycles. The maximum Gasteiger partial charge on any atom is 0.0872 e. The maximum absolute atomic E-state index is 5.72. The molecular weight excluding hydrogens is 196 g/mol. The van der Waals surface area contributed by atoms with E-state index in [0.29, 0.717) is 0 Å². The van der Waals surface area contributed by atoms with Gasteiger partial charge < -0.3 is 4.74 Å². The summed E-state index contributed by atoms with van der Waals surface area (Å²) in [6.07, 6.45) is 7.53. The largest absolute Gasteiger partial charge is 0.371 e. The molecule has 0 fully saturated rings. The summed E-state index contributed by atoms with van der Waals surface area (Å²) >= 11 is 0. The Morgan fingerprint density at radius 3 is 2.56 bits per heavy atom. The zero-order chi connectivity index (χ0) is 11.4. The summed E-state index contributed by atoms with van der Waals surface area (Å²) in [5, 5.41) is 0. The van der Waals surface area contributed by atoms with Gasteiger partial charge in [-0.2, -0.15) is 0 Å². The predicted molar refractivity (Wildman–Crippen MR) is 68.2 cm³/mol. The average Bonchev–Trinajstić information content (AvgIpc) is 2.31. The summed E-state index contributed by atoms with van der Waals surface area (Å²) in [6.45, 7) is 4.93. The van der Waals surface area contributed by atoms with Crippen molar-refractivity contribution in [1.29, 1.82) is 0 Å². The van der Waals surface area contributed by atoms with Crippen LogP contribution < -0.4 is 0 Å². The summed E-state index contributed by atoms with van der Waals surface area (Å²) in [4.78, 5) is 0. The fourth-order valence-electron chi connectivity index (χ4n) is 2.00. The van der Waals surface area contributed by atoms with E-state index in [-0.39, 0.29) is 5.60 Å². The molecule has 0 aliphatic heterocycles. The third-order valence-electron chi connectivity index (χ3n) is 2.92. The highest BCUT2D eigenvalue weighted by molar-refractivity contribution is 5.75. The highest BCUT2D eigenvalue weighted by atomic mass is 16.5. The second-order valence-corrected chi connectivity index (χ2v) is 4.31. The molecule has 0 saturated carbocycles. The first kappa shape index (κ1) is 11.2. The van der Waals surface area contributed by atoms with E-state index in [1.54, 1.807) is 0 Å². The smallest absolute Gasteiger partial charge is 0.0872 e. The van der Waals surface area contributed by atoms with E-state index in [0.717, 1.165) is 13.0 Å². The summed E-state index contributed by atoms with van der Waals surface area (Å²) in [6, 6.07) is 10.5. The van der Waals surface area contributed by atoms with Crippen molar-refractivity contribution in [2.45, 2.75) is 25.9 Å². The van der Waals surface area contributed by atoms with Crippen LogP contribution in [0.4, 0.5) is 0 Å². The first-order valence-corrected chi connectivity index (χ1v) is 5.82. The molecule has 1 nitrogen and oxygen atoms in total. The van der Waals surface area contributed by atoms with Gasteiger partial charge in [0.1, 0.15) is 0 Å². The molecule has 0 radical (unpaired) electrons. The van der Waals surface area contributed by atoms with E-state index in [1.165, 1.54) is 11.1 Å². The van der Waals surface area contributed by atoms with Gasteiger partial charge in [-0.15, -0.1) is 0 Å². The van der Waals surface area contributed by atoms with Gasteiger partial charge >= 0.3 is 0 Å². The SMILES string of the molecule is CCO[C@]1(C)C=CC(c2ccccc2)=CC1. The lowest BCUT2D eigenvalue weighted by molar-refractivity contribution is 0.0156. The quantitative estimate of drug-likeness (QED) is 0.743. The molecule has 0 aromatic heterocycles. The highest BCUT2D eigenvalue weighted by Gasteiger charge is 2.22. The molecule has 0 amide bonds. The average molecular weight is 214 g/mol. The molecule has 1 aromatic rings. The zero-order valence-corrected chi connectivity index (χ0v) is 9.94. The number of hydrogen-bond donors (Lipinski definition) is 0. The van der Waals surface area contributed by atoms with Crippen molar-refractivity contribution >= 4 is 5.57 Å². The minimum absolute atomic E-state index is 0.118. The predicted octanol–water partition coefficient (Wildman–Crippen LogP) is 3.83. The Kier molecular flexibility index (Phi) is 3.25. The molecule has 1 aliphatic rings. The minimum Gasteiger partial charge on any atom is -0.371 e. The lowest BCUT2D eigenvalue weighted by Gasteiger charge is -2.27. The van der Waals surface area contributed by atoms with Crippen LogP contribution >= 0.6 is 0 Å². The highest BCUT2D eigenvalue weighted by Crippen LogP contribution is 2.28. The molecule has 0 spiro atoms. The monoisotopic (exact) mass is 214 g/mol. The van der Waals surface area contributed by atoms with Crippen LogP contribution in [0.2, 0.25) is 0 Å². The normalized spacial score (nSPS) is 24.2. The number of benzene rings is 1. The van der Waals surface area contributed by atoms with Gasteiger partial charge in [0.2, 0.25) is 0 Å². The lowest BCUT2D eigenvalue weighted by Crippen LogP contribution is -2.26. The van der Waals surface area contributed by atoms with Gasteiger partial charge in [0, 0.05) is 6.61 Å². The van der Waals surface area contributed by atoms with E-state index in [1.807, 2.05) is 13.0 Å². The van der Waals surface area contributed by atoms with E-state index >= 15 is 0 Å². The van der Waals surface area contributed by atoms with Crippen LogP contribution in [0.15, 0.2) is 48.6 Å². The van der Waals surface area contributed by atoms with Gasteiger partial charge in [0.15, 0.2) is 0 Å². The van der Waals surface area contributed by atoms with Crippen molar-refractivity contribution in [1.82, 2.24) is 0 Å². The summed E-state index contributed by atoms with van der Waals surface area (Å²) in [5.41, 5.74) is 2.45. The van der Waals surface area contributed by atoms with Crippen LogP contribution in [-0.2, 0) is 4.74 Å². The molecule has 1 aliphatic carbocycles. The molecule has 0 bridgehead atoms. The fraction of sp³-hybridized carbons (Fsp3) is 0.333. The molecule has 2 rings (SSSR count). The Bertz CT molecular complexity index is 403. The maximum atomic E-state index is 5.72. The first-order valence-electron chi connectivity index (χ1n) is 5.82. The molecule has 0 N–H and O–H groups in total. The third kappa shape index (κ3) is 2.42. The standard InChI is InChI=1S/C15H18O/c1-3-16-15(2)11-9-14(10-12-15)13-7-5-4-6-8-13/h4-11H,3,12H2,1-2H3/t15-/m1/s1. The minimum atomic E-state index is -0.118. The van der Waals surface area contributed by atoms with E-state index in [4.69, 9.17) is 4.74 Å². The summed E-state index contributed by atoms with van der Waals surface area (Å²) in [5.74, 6) is 0. The molecule has 1 heteroatoms. The van der Waals surface area contributed by atoms with Gasteiger partial charge in [-0.1, -0.05) is 48.6 Å². The van der Waals surface area contributed by atoms with Crippen LogP contribution in [0.5, 0.6) is 0 Å². The van der Waals surface area contributed by atoms with Crippen LogP contribution in [-0.4, -0.2) is 12.2 Å². The topological polar surface area (TPSA) is 9.23 Å². The molecule has 0 unspecified atom stereocenters. The van der Waals surface area contributed by atoms with Crippen molar-refractivity contribution in [3.8, 4) is 0 Å². The van der Waals surface area contributed by atoms with E-state index in [9.17, 15) is 0 Å². The molecule has 84 valence electrons. The second kappa shape index (κ2) is 4.67. The fourth-order valence-corrected chi connectivity index (χ4v) is 2.00. The van der Waals surface area contributed by atoms with E-state index < -0.39 is 0 Å². The van der Waals surface area contributed by atoms with Crippen LogP contribution in [0.3, 0.4) is 0 Å². The summed E-state index contributed by atoms with van der Waals surface area (Å²) < 4.78 is 5.72. The number of hydrogen-bond acceptors (Lipinski definition) is 1. The number of allylic oxidation sites excluding steroid dienone is 2. The van der Waals surface area contributed by atoms with Crippen molar-refractivity contribution in [3.05, 3.63) is 54.1 Å². The lowest BCUT2D eigenvalue weighted by atomic mass is 9.91. The third-order valence-corrected chi connectivity index (χ3v) is 2.92. The van der Waals surface area contributed by atoms with Crippen molar-refractivity contribution in [2.75, 3.05) is 6.61 Å². The van der Waals surface area contributed by atoms with Gasteiger partial charge in [-0.3, -0.25) is 0 Å². The second-order valence-electron chi connectivity index (χ2n) is 4.31. The van der Waals surface area contributed by atoms with Gasteiger partial charge in [0.05, 0.1) is 5.60 Å². The van der Waals surface area contributed by atoms with Crippen LogP contribution in [0, 0.1) is 0 Å². The van der Waals surface area contributed by atoms with Crippen molar-refractivity contribution in [2.24, 2.45) is 0 Å². The van der Waals surface area contributed by atoms with Crippen molar-refractivity contribution in [3.63, 3.8) is 0 Å². The first-order chi connectivity index (χ1) is 7.73. The Morgan fingerprint density at radius 1 is 1.25 bits per heavy atom. The molecule has 16 heavy (non-hydrogen) atoms. The summed E-state index contributed by atoms with van der Waals surface area (Å²) in [7, 11) is 0. The van der Waals surface area contributed by atoms with Gasteiger partial charge in [0.25, 0.3) is 0 Å². The molecule has 0 heterocycles. The molecular formula is C15H18O. The Balaban J connectivity index is 2.14. The number of rotatable bonds is 3. The van der Waals surface area contributed by atoms with Crippen LogP contribution in [0.1, 0.15) is 25.8 Å². The number of ether oxygens (including phenoxy) is 1. The Morgan fingerprint density at radius 2 is 2.00 bits per heavy atom. The zero-order valence-electron chi connectivity index (χ0n) is 9.94. The molecule has 1 atom stereocenters. The Labute approximate surface area is 97.4 Å². The van der Waals surface area contributed by atoms with Gasteiger partial charge in [-0.05, 0) is 31.4 Å². The van der Waals surface area contributed by atoms with Gasteiger partial charge in [-0.25, -0.2) is 0 Å². The Hall–Kier alpha value is -1.34. The van der Waals surface area contributed by atoms with Crippen LogP contribution in [0.25, 0.3) is 5.57 Å². The van der Waals surface area contributed by atoms with Crippen molar-refractivity contribution < 1.29 is 4.74 Å².